The topological polar surface area (TPSA) is 38.9 Å². The molecule has 0 radical (unpaired) electrons. The molecule has 2 nitrogen and oxygen atoms in total. The Balaban J connectivity index is 2.21. The zero-order chi connectivity index (χ0) is 12.3. The van der Waals surface area contributed by atoms with E-state index in [2.05, 4.69) is 11.9 Å². The quantitative estimate of drug-likeness (QED) is 0.904. The molecule has 0 spiro atoms. The molecule has 0 aliphatic rings. The Kier molecular flexibility index (Phi) is 3.86. The Labute approximate surface area is 104 Å². The van der Waals surface area contributed by atoms with E-state index in [1.807, 2.05) is 11.4 Å². The van der Waals surface area contributed by atoms with E-state index in [0.29, 0.717) is 11.3 Å². The fourth-order valence-electron chi connectivity index (χ4n) is 1.57. The van der Waals surface area contributed by atoms with Crippen LogP contribution < -0.4 is 5.73 Å². The molecule has 1 unspecified atom stereocenters. The van der Waals surface area contributed by atoms with Gasteiger partial charge in [0.1, 0.15) is 5.82 Å². The van der Waals surface area contributed by atoms with Crippen molar-refractivity contribution in [2.45, 2.75) is 25.8 Å². The Morgan fingerprint density at radius 3 is 2.88 bits per heavy atom. The predicted octanol–water partition coefficient (Wildman–Crippen LogP) is 3.23. The molecule has 1 heterocycles. The van der Waals surface area contributed by atoms with Gasteiger partial charge in [0.05, 0.1) is 10.7 Å². The Morgan fingerprint density at radius 1 is 1.41 bits per heavy atom. The molecule has 90 valence electrons. The summed E-state index contributed by atoms with van der Waals surface area (Å²) in [7, 11) is 0. The summed E-state index contributed by atoms with van der Waals surface area (Å²) in [5, 5.41) is 2.86. The zero-order valence-electron chi connectivity index (χ0n) is 9.69. The highest BCUT2D eigenvalue weighted by Gasteiger charge is 2.10. The molecular weight excluding hydrogens is 235 g/mol. The summed E-state index contributed by atoms with van der Waals surface area (Å²) in [6.07, 6.45) is 1.68. The summed E-state index contributed by atoms with van der Waals surface area (Å²) in [6.45, 7) is 2.05. The molecule has 17 heavy (non-hydrogen) atoms. The SMILES string of the molecule is CCC(N)Cc1nc(-c2ccccc2F)cs1. The molecule has 2 N–H and O–H groups in total. The van der Waals surface area contributed by atoms with Crippen LogP contribution in [0.2, 0.25) is 0 Å². The van der Waals surface area contributed by atoms with Gasteiger partial charge in [-0.2, -0.15) is 0 Å². The molecule has 1 aromatic carbocycles. The van der Waals surface area contributed by atoms with Crippen LogP contribution in [0.15, 0.2) is 29.6 Å². The van der Waals surface area contributed by atoms with E-state index in [-0.39, 0.29) is 11.9 Å². The summed E-state index contributed by atoms with van der Waals surface area (Å²) in [5.41, 5.74) is 7.13. The van der Waals surface area contributed by atoms with Crippen molar-refractivity contribution in [1.82, 2.24) is 4.98 Å². The number of hydrogen-bond acceptors (Lipinski definition) is 3. The van der Waals surface area contributed by atoms with E-state index in [9.17, 15) is 4.39 Å². The van der Waals surface area contributed by atoms with Crippen LogP contribution in [-0.2, 0) is 6.42 Å². The molecule has 1 atom stereocenters. The summed E-state index contributed by atoms with van der Waals surface area (Å²) in [5.74, 6) is -0.232. The van der Waals surface area contributed by atoms with Crippen molar-refractivity contribution in [2.24, 2.45) is 5.73 Å². The van der Waals surface area contributed by atoms with E-state index in [1.54, 1.807) is 12.1 Å². The van der Waals surface area contributed by atoms with Crippen LogP contribution >= 0.6 is 11.3 Å². The first kappa shape index (κ1) is 12.2. The van der Waals surface area contributed by atoms with Crippen molar-refractivity contribution >= 4 is 11.3 Å². The third-order valence-corrected chi connectivity index (χ3v) is 3.53. The van der Waals surface area contributed by atoms with Crippen LogP contribution in [0, 0.1) is 5.82 Å². The van der Waals surface area contributed by atoms with Gasteiger partial charge in [-0.1, -0.05) is 19.1 Å². The van der Waals surface area contributed by atoms with Crippen molar-refractivity contribution in [1.29, 1.82) is 0 Å². The minimum atomic E-state index is -0.232. The van der Waals surface area contributed by atoms with Crippen LogP contribution in [0.25, 0.3) is 11.3 Å². The average molecular weight is 250 g/mol. The lowest BCUT2D eigenvalue weighted by Crippen LogP contribution is -2.21. The number of halogens is 1. The van der Waals surface area contributed by atoms with Gasteiger partial charge in [-0.05, 0) is 18.6 Å². The summed E-state index contributed by atoms with van der Waals surface area (Å²) >= 11 is 1.54. The molecule has 0 aliphatic carbocycles. The Hall–Kier alpha value is -1.26. The zero-order valence-corrected chi connectivity index (χ0v) is 10.5. The van der Waals surface area contributed by atoms with Crippen LogP contribution in [0.1, 0.15) is 18.4 Å². The fourth-order valence-corrected chi connectivity index (χ4v) is 2.45. The van der Waals surface area contributed by atoms with Crippen LogP contribution in [-0.4, -0.2) is 11.0 Å². The van der Waals surface area contributed by atoms with Gasteiger partial charge < -0.3 is 5.73 Å². The molecule has 0 fully saturated rings. The standard InChI is InChI=1S/C13H15FN2S/c1-2-9(15)7-13-16-12(8-17-13)10-5-3-4-6-11(10)14/h3-6,8-9H,2,7,15H2,1H3. The van der Waals surface area contributed by atoms with Gasteiger partial charge in [0.15, 0.2) is 0 Å². The van der Waals surface area contributed by atoms with Crippen molar-refractivity contribution in [3.63, 3.8) is 0 Å². The number of aromatic nitrogens is 1. The summed E-state index contributed by atoms with van der Waals surface area (Å²) in [4.78, 5) is 4.43. The number of nitrogens with zero attached hydrogens (tertiary/aromatic N) is 1. The van der Waals surface area contributed by atoms with Gasteiger partial charge in [-0.25, -0.2) is 9.37 Å². The predicted molar refractivity (Wildman–Crippen MR) is 69.5 cm³/mol. The lowest BCUT2D eigenvalue weighted by Gasteiger charge is -2.04. The number of benzene rings is 1. The van der Waals surface area contributed by atoms with Crippen molar-refractivity contribution < 1.29 is 4.39 Å². The third-order valence-electron chi connectivity index (χ3n) is 2.66. The molecule has 0 aliphatic heterocycles. The van der Waals surface area contributed by atoms with Gasteiger partial charge in [-0.3, -0.25) is 0 Å². The van der Waals surface area contributed by atoms with Gasteiger partial charge in [0.25, 0.3) is 0 Å². The number of rotatable bonds is 4. The highest BCUT2D eigenvalue weighted by Crippen LogP contribution is 2.24. The normalized spacial score (nSPS) is 12.6. The second-order valence-corrected chi connectivity index (χ2v) is 4.92. The van der Waals surface area contributed by atoms with Gasteiger partial charge in [0, 0.05) is 23.4 Å². The average Bonchev–Trinajstić information content (AvgIpc) is 2.78. The summed E-state index contributed by atoms with van der Waals surface area (Å²) < 4.78 is 13.6. The highest BCUT2D eigenvalue weighted by atomic mass is 32.1. The van der Waals surface area contributed by atoms with E-state index >= 15 is 0 Å². The van der Waals surface area contributed by atoms with Crippen LogP contribution in [0.3, 0.4) is 0 Å². The van der Waals surface area contributed by atoms with E-state index in [0.717, 1.165) is 17.8 Å². The largest absolute Gasteiger partial charge is 0.327 e. The van der Waals surface area contributed by atoms with Crippen molar-refractivity contribution in [3.8, 4) is 11.3 Å². The molecular formula is C13H15FN2S. The molecule has 0 bridgehead atoms. The highest BCUT2D eigenvalue weighted by molar-refractivity contribution is 7.09. The van der Waals surface area contributed by atoms with Crippen LogP contribution in [0.5, 0.6) is 0 Å². The minimum Gasteiger partial charge on any atom is -0.327 e. The first-order chi connectivity index (χ1) is 8.20. The molecule has 0 saturated heterocycles. The number of hydrogen-bond donors (Lipinski definition) is 1. The lowest BCUT2D eigenvalue weighted by atomic mass is 10.1. The first-order valence-electron chi connectivity index (χ1n) is 5.65. The van der Waals surface area contributed by atoms with Crippen LogP contribution in [0.4, 0.5) is 4.39 Å². The lowest BCUT2D eigenvalue weighted by molar-refractivity contribution is 0.630. The van der Waals surface area contributed by atoms with Crippen molar-refractivity contribution in [3.05, 3.63) is 40.5 Å². The van der Waals surface area contributed by atoms with Gasteiger partial charge in [0.2, 0.25) is 0 Å². The van der Waals surface area contributed by atoms with Crippen molar-refractivity contribution in [2.75, 3.05) is 0 Å². The summed E-state index contributed by atoms with van der Waals surface area (Å²) in [6, 6.07) is 6.82. The molecule has 2 rings (SSSR count). The van der Waals surface area contributed by atoms with Gasteiger partial charge in [-0.15, -0.1) is 11.3 Å². The first-order valence-corrected chi connectivity index (χ1v) is 6.53. The fraction of sp³-hybridized carbons (Fsp3) is 0.308. The monoisotopic (exact) mass is 250 g/mol. The third kappa shape index (κ3) is 2.90. The molecule has 2 aromatic rings. The maximum Gasteiger partial charge on any atom is 0.132 e. The molecule has 0 saturated carbocycles. The Bertz CT molecular complexity index is 496. The maximum atomic E-state index is 13.6. The van der Waals surface area contributed by atoms with E-state index in [4.69, 9.17) is 5.73 Å². The number of nitrogens with two attached hydrogens (primary N) is 1. The molecule has 4 heteroatoms. The number of thiazole rings is 1. The second-order valence-electron chi connectivity index (χ2n) is 3.98. The Morgan fingerprint density at radius 2 is 2.18 bits per heavy atom. The molecule has 1 aromatic heterocycles. The minimum absolute atomic E-state index is 0.134. The van der Waals surface area contributed by atoms with E-state index < -0.39 is 0 Å². The van der Waals surface area contributed by atoms with Gasteiger partial charge >= 0.3 is 0 Å². The molecule has 0 amide bonds. The smallest absolute Gasteiger partial charge is 0.132 e. The van der Waals surface area contributed by atoms with E-state index in [1.165, 1.54) is 17.4 Å². The maximum absolute atomic E-state index is 13.6. The second kappa shape index (κ2) is 5.38.